The molecule has 1 saturated heterocycles. The van der Waals surface area contributed by atoms with Crippen LogP contribution in [0.25, 0.3) is 0 Å². The van der Waals surface area contributed by atoms with Gasteiger partial charge in [0.2, 0.25) is 5.89 Å². The van der Waals surface area contributed by atoms with E-state index >= 15 is 0 Å². The molecular weight excluding hydrogens is 266 g/mol. The number of hydrogen-bond acceptors (Lipinski definition) is 5. The Balaban J connectivity index is 1.78. The highest BCUT2D eigenvalue weighted by Gasteiger charge is 2.39. The predicted molar refractivity (Wildman–Crippen MR) is 79.6 cm³/mol. The summed E-state index contributed by atoms with van der Waals surface area (Å²) in [7, 11) is 1.67. The molecule has 1 aliphatic rings. The van der Waals surface area contributed by atoms with Gasteiger partial charge in [-0.3, -0.25) is 0 Å². The second-order valence-electron chi connectivity index (χ2n) is 5.60. The van der Waals surface area contributed by atoms with Gasteiger partial charge in [0, 0.05) is 13.0 Å². The van der Waals surface area contributed by atoms with Gasteiger partial charge in [0.25, 0.3) is 0 Å². The lowest BCUT2D eigenvalue weighted by Crippen LogP contribution is -2.28. The molecule has 1 aromatic carbocycles. The number of benzene rings is 1. The largest absolute Gasteiger partial charge is 0.497 e. The zero-order chi connectivity index (χ0) is 14.7. The molecule has 2 aromatic rings. The van der Waals surface area contributed by atoms with Gasteiger partial charge >= 0.3 is 0 Å². The number of hydrogen-bond donors (Lipinski definition) is 1. The molecule has 2 heterocycles. The van der Waals surface area contributed by atoms with Crippen LogP contribution in [0.15, 0.2) is 28.8 Å². The topological polar surface area (TPSA) is 60.2 Å². The number of nitrogens with one attached hydrogen (secondary N) is 1. The van der Waals surface area contributed by atoms with Gasteiger partial charge < -0.3 is 14.6 Å². The van der Waals surface area contributed by atoms with Gasteiger partial charge in [-0.15, -0.1) is 0 Å². The van der Waals surface area contributed by atoms with Crippen LogP contribution in [-0.4, -0.2) is 30.3 Å². The lowest BCUT2D eigenvalue weighted by Gasteiger charge is -2.20. The summed E-state index contributed by atoms with van der Waals surface area (Å²) in [5.74, 6) is 2.35. The number of methoxy groups -OCH3 is 1. The fourth-order valence-electron chi connectivity index (χ4n) is 2.89. The third-order valence-electron chi connectivity index (χ3n) is 4.34. The predicted octanol–water partition coefficient (Wildman–Crippen LogP) is 2.31. The van der Waals surface area contributed by atoms with Gasteiger partial charge in [0.15, 0.2) is 5.82 Å². The molecule has 0 amide bonds. The molecule has 21 heavy (non-hydrogen) atoms. The van der Waals surface area contributed by atoms with E-state index in [1.165, 1.54) is 0 Å². The second-order valence-corrected chi connectivity index (χ2v) is 5.60. The van der Waals surface area contributed by atoms with Crippen LogP contribution in [-0.2, 0) is 11.8 Å². The molecule has 0 bridgehead atoms. The number of aromatic nitrogens is 2. The molecule has 1 aromatic heterocycles. The monoisotopic (exact) mass is 287 g/mol. The minimum atomic E-state index is 0.0135. The van der Waals surface area contributed by atoms with Crippen molar-refractivity contribution in [2.45, 2.75) is 31.6 Å². The summed E-state index contributed by atoms with van der Waals surface area (Å²) in [5.41, 5.74) is 1.14. The molecule has 112 valence electrons. The van der Waals surface area contributed by atoms with Crippen LogP contribution in [0, 0.1) is 0 Å². The van der Waals surface area contributed by atoms with Crippen molar-refractivity contribution in [1.82, 2.24) is 15.5 Å². The Bertz CT molecular complexity index is 603. The van der Waals surface area contributed by atoms with Crippen molar-refractivity contribution in [3.63, 3.8) is 0 Å². The van der Waals surface area contributed by atoms with E-state index in [2.05, 4.69) is 22.4 Å². The van der Waals surface area contributed by atoms with E-state index in [1.807, 2.05) is 24.3 Å². The maximum atomic E-state index is 5.54. The van der Waals surface area contributed by atoms with E-state index in [0.717, 1.165) is 49.0 Å². The van der Waals surface area contributed by atoms with Gasteiger partial charge in [0.05, 0.1) is 12.5 Å². The third-order valence-corrected chi connectivity index (χ3v) is 4.34. The van der Waals surface area contributed by atoms with Gasteiger partial charge in [-0.1, -0.05) is 24.2 Å². The summed E-state index contributed by atoms with van der Waals surface area (Å²) in [4.78, 5) is 4.63. The number of rotatable bonds is 5. The van der Waals surface area contributed by atoms with Crippen LogP contribution >= 0.6 is 0 Å². The zero-order valence-corrected chi connectivity index (χ0v) is 12.6. The van der Waals surface area contributed by atoms with Crippen LogP contribution in [0.5, 0.6) is 5.75 Å². The highest BCUT2D eigenvalue weighted by molar-refractivity contribution is 5.30. The van der Waals surface area contributed by atoms with E-state index in [0.29, 0.717) is 6.42 Å². The number of nitrogens with zero attached hydrogens (tertiary/aromatic N) is 2. The molecule has 1 atom stereocenters. The highest BCUT2D eigenvalue weighted by Crippen LogP contribution is 2.32. The normalized spacial score (nSPS) is 21.6. The first-order chi connectivity index (χ1) is 10.3. The molecule has 0 radical (unpaired) electrons. The Morgan fingerprint density at radius 1 is 1.43 bits per heavy atom. The maximum absolute atomic E-state index is 5.54. The van der Waals surface area contributed by atoms with Crippen molar-refractivity contribution in [2.75, 3.05) is 20.2 Å². The minimum Gasteiger partial charge on any atom is -0.497 e. The molecule has 1 aliphatic heterocycles. The fourth-order valence-corrected chi connectivity index (χ4v) is 2.89. The van der Waals surface area contributed by atoms with Gasteiger partial charge in [-0.25, -0.2) is 0 Å². The summed E-state index contributed by atoms with van der Waals surface area (Å²) in [5, 5.41) is 7.54. The first-order valence-electron chi connectivity index (χ1n) is 7.42. The number of ether oxygens (including phenoxy) is 1. The molecular formula is C16H21N3O2. The summed E-state index contributed by atoms with van der Waals surface area (Å²) in [6, 6.07) is 7.96. The molecule has 1 unspecified atom stereocenters. The maximum Gasteiger partial charge on any atom is 0.234 e. The van der Waals surface area contributed by atoms with Crippen LogP contribution in [0.4, 0.5) is 0 Å². The van der Waals surface area contributed by atoms with E-state index in [1.54, 1.807) is 7.11 Å². The summed E-state index contributed by atoms with van der Waals surface area (Å²) in [6.45, 7) is 4.12. The van der Waals surface area contributed by atoms with E-state index in [-0.39, 0.29) is 5.41 Å². The Hall–Kier alpha value is -1.88. The minimum absolute atomic E-state index is 0.0135. The molecule has 3 rings (SSSR count). The third kappa shape index (κ3) is 2.78. The molecule has 1 N–H and O–H groups in total. The van der Waals surface area contributed by atoms with Crippen LogP contribution in [0.3, 0.4) is 0 Å². The second kappa shape index (κ2) is 5.85. The van der Waals surface area contributed by atoms with Crippen molar-refractivity contribution in [3.8, 4) is 5.75 Å². The average molecular weight is 287 g/mol. The molecule has 1 fully saturated rings. The molecule has 5 nitrogen and oxygen atoms in total. The average Bonchev–Trinajstić information content (AvgIpc) is 3.17. The molecule has 0 spiro atoms. The summed E-state index contributed by atoms with van der Waals surface area (Å²) < 4.78 is 10.8. The van der Waals surface area contributed by atoms with Crippen molar-refractivity contribution in [2.24, 2.45) is 0 Å². The molecule has 5 heteroatoms. The van der Waals surface area contributed by atoms with E-state index < -0.39 is 0 Å². The van der Waals surface area contributed by atoms with Crippen molar-refractivity contribution < 1.29 is 9.26 Å². The Kier molecular flexibility index (Phi) is 3.92. The highest BCUT2D eigenvalue weighted by atomic mass is 16.5. The Morgan fingerprint density at radius 2 is 2.33 bits per heavy atom. The van der Waals surface area contributed by atoms with E-state index in [9.17, 15) is 0 Å². The van der Waals surface area contributed by atoms with Gasteiger partial charge in [-0.05, 0) is 37.1 Å². The first kappa shape index (κ1) is 14.1. The summed E-state index contributed by atoms with van der Waals surface area (Å²) >= 11 is 0. The lowest BCUT2D eigenvalue weighted by atomic mass is 9.84. The first-order valence-corrected chi connectivity index (χ1v) is 7.42. The summed E-state index contributed by atoms with van der Waals surface area (Å²) in [6.07, 6.45) is 2.74. The van der Waals surface area contributed by atoms with Crippen molar-refractivity contribution in [1.29, 1.82) is 0 Å². The molecule has 0 saturated carbocycles. The lowest BCUT2D eigenvalue weighted by molar-refractivity contribution is 0.283. The van der Waals surface area contributed by atoms with E-state index in [4.69, 9.17) is 9.26 Å². The van der Waals surface area contributed by atoms with Crippen LogP contribution in [0.2, 0.25) is 0 Å². The van der Waals surface area contributed by atoms with Crippen molar-refractivity contribution in [3.05, 3.63) is 41.5 Å². The molecule has 0 aliphatic carbocycles. The Labute approximate surface area is 124 Å². The standard InChI is InChI=1S/C16H21N3O2/c1-3-16(7-8-17-11-16)15-18-14(19-21-15)10-12-5-4-6-13(9-12)20-2/h4-6,9,17H,3,7-8,10-11H2,1-2H3. The smallest absolute Gasteiger partial charge is 0.234 e. The zero-order valence-electron chi connectivity index (χ0n) is 12.6. The SMILES string of the molecule is CCC1(c2nc(Cc3cccc(OC)c3)no2)CCNC1. The van der Waals surface area contributed by atoms with Gasteiger partial charge in [0.1, 0.15) is 5.75 Å². The van der Waals surface area contributed by atoms with Crippen LogP contribution < -0.4 is 10.1 Å². The Morgan fingerprint density at radius 3 is 3.05 bits per heavy atom. The van der Waals surface area contributed by atoms with Crippen LogP contribution in [0.1, 0.15) is 37.0 Å². The van der Waals surface area contributed by atoms with Gasteiger partial charge in [-0.2, -0.15) is 4.98 Å². The quantitative estimate of drug-likeness (QED) is 0.914. The fraction of sp³-hybridized carbons (Fsp3) is 0.500. The van der Waals surface area contributed by atoms with Crippen molar-refractivity contribution >= 4 is 0 Å².